The lowest BCUT2D eigenvalue weighted by Gasteiger charge is -2.19. The van der Waals surface area contributed by atoms with Gasteiger partial charge in [-0.25, -0.2) is 0 Å². The lowest BCUT2D eigenvalue weighted by Crippen LogP contribution is -2.28. The van der Waals surface area contributed by atoms with Crippen molar-refractivity contribution >= 4 is 5.91 Å². The van der Waals surface area contributed by atoms with Gasteiger partial charge in [0, 0.05) is 23.9 Å². The second-order valence-electron chi connectivity index (χ2n) is 4.46. The van der Waals surface area contributed by atoms with Crippen LogP contribution in [0, 0.1) is 5.41 Å². The Morgan fingerprint density at radius 3 is 2.64 bits per heavy atom. The molecular weight excluding hydrogens is 176 g/mol. The smallest absolute Gasteiger partial charge is 0.236 e. The molecule has 0 saturated carbocycles. The van der Waals surface area contributed by atoms with Crippen molar-refractivity contribution in [1.29, 1.82) is 0 Å². The molecule has 0 atom stereocenters. The first-order chi connectivity index (χ1) is 6.46. The number of hydrogen-bond acceptors (Lipinski definition) is 2. The molecule has 3 nitrogen and oxygen atoms in total. The maximum absolute atomic E-state index is 12.0. The zero-order chi connectivity index (χ0) is 10.8. The summed E-state index contributed by atoms with van der Waals surface area (Å²) in [5, 5.41) is 3.04. The summed E-state index contributed by atoms with van der Waals surface area (Å²) in [6.45, 7) is 6.50. The molecule has 1 aromatic rings. The number of nitrogens with one attached hydrogen (secondary N) is 1. The Labute approximate surface area is 85.1 Å². The second-order valence-corrected chi connectivity index (χ2v) is 4.46. The third kappa shape index (κ3) is 2.23. The van der Waals surface area contributed by atoms with Crippen LogP contribution in [-0.2, 0) is 6.54 Å². The summed E-state index contributed by atoms with van der Waals surface area (Å²) in [6.07, 6.45) is 1.82. The monoisotopic (exact) mass is 194 g/mol. The van der Waals surface area contributed by atoms with E-state index in [0.29, 0.717) is 0 Å². The van der Waals surface area contributed by atoms with Gasteiger partial charge in [-0.3, -0.25) is 9.36 Å². The van der Waals surface area contributed by atoms with Gasteiger partial charge in [-0.1, -0.05) is 20.8 Å². The number of carbonyl (C=O) groups excluding carboxylic acids is 1. The predicted octanol–water partition coefficient (Wildman–Crippen LogP) is 1.89. The van der Waals surface area contributed by atoms with Crippen LogP contribution in [0.3, 0.4) is 0 Å². The molecule has 1 rings (SSSR count). The molecule has 1 N–H and O–H groups in total. The standard InChI is InChI=1S/C11H18N2O/c1-11(2,3)10(14)13-7-5-6-9(13)8-12-4/h5-7,12H,8H2,1-4H3. The van der Waals surface area contributed by atoms with E-state index in [9.17, 15) is 4.79 Å². The maximum Gasteiger partial charge on any atom is 0.236 e. The Balaban J connectivity index is 2.95. The Hall–Kier alpha value is -1.09. The topological polar surface area (TPSA) is 34.0 Å². The molecule has 0 spiro atoms. The van der Waals surface area contributed by atoms with Crippen molar-refractivity contribution in [3.05, 3.63) is 24.0 Å². The van der Waals surface area contributed by atoms with Crippen LogP contribution < -0.4 is 5.32 Å². The molecule has 0 radical (unpaired) electrons. The van der Waals surface area contributed by atoms with Gasteiger partial charge in [-0.2, -0.15) is 0 Å². The molecule has 0 bridgehead atoms. The molecule has 1 aromatic heterocycles. The van der Waals surface area contributed by atoms with Gasteiger partial charge in [-0.05, 0) is 19.2 Å². The molecule has 1 heterocycles. The minimum absolute atomic E-state index is 0.132. The Morgan fingerprint density at radius 1 is 1.50 bits per heavy atom. The van der Waals surface area contributed by atoms with Crippen LogP contribution in [0.2, 0.25) is 0 Å². The van der Waals surface area contributed by atoms with Crippen molar-refractivity contribution < 1.29 is 4.79 Å². The van der Waals surface area contributed by atoms with E-state index < -0.39 is 0 Å². The molecule has 0 amide bonds. The first-order valence-corrected chi connectivity index (χ1v) is 4.82. The largest absolute Gasteiger partial charge is 0.314 e. The van der Waals surface area contributed by atoms with E-state index >= 15 is 0 Å². The van der Waals surface area contributed by atoms with Crippen LogP contribution in [0.4, 0.5) is 0 Å². The van der Waals surface area contributed by atoms with E-state index in [1.807, 2.05) is 46.1 Å². The molecule has 0 fully saturated rings. The molecule has 0 saturated heterocycles. The fourth-order valence-electron chi connectivity index (χ4n) is 1.30. The van der Waals surface area contributed by atoms with Gasteiger partial charge in [0.05, 0.1) is 0 Å². The molecule has 78 valence electrons. The summed E-state index contributed by atoms with van der Waals surface area (Å²) in [5.41, 5.74) is 0.675. The highest BCUT2D eigenvalue weighted by Crippen LogP contribution is 2.18. The number of hydrogen-bond donors (Lipinski definition) is 1. The quantitative estimate of drug-likeness (QED) is 0.780. The van der Waals surface area contributed by atoms with Crippen molar-refractivity contribution in [2.75, 3.05) is 7.05 Å². The molecule has 0 unspecified atom stereocenters. The normalized spacial score (nSPS) is 11.7. The molecule has 0 aliphatic heterocycles. The lowest BCUT2D eigenvalue weighted by atomic mass is 9.95. The van der Waals surface area contributed by atoms with E-state index in [4.69, 9.17) is 0 Å². The third-order valence-corrected chi connectivity index (χ3v) is 2.05. The number of rotatable bonds is 2. The summed E-state index contributed by atoms with van der Waals surface area (Å²) >= 11 is 0. The minimum atomic E-state index is -0.332. The van der Waals surface area contributed by atoms with E-state index in [-0.39, 0.29) is 11.3 Å². The van der Waals surface area contributed by atoms with E-state index in [1.54, 1.807) is 4.57 Å². The van der Waals surface area contributed by atoms with Crippen LogP contribution >= 0.6 is 0 Å². The summed E-state index contributed by atoms with van der Waals surface area (Å²) in [4.78, 5) is 12.0. The van der Waals surface area contributed by atoms with Crippen LogP contribution in [-0.4, -0.2) is 17.5 Å². The minimum Gasteiger partial charge on any atom is -0.314 e. The average Bonchev–Trinajstić information content (AvgIpc) is 2.50. The molecule has 0 aliphatic rings. The first kappa shape index (κ1) is 11.0. The molecule has 3 heteroatoms. The van der Waals surface area contributed by atoms with Gasteiger partial charge in [-0.15, -0.1) is 0 Å². The number of aromatic nitrogens is 1. The van der Waals surface area contributed by atoms with Crippen LogP contribution in [0.5, 0.6) is 0 Å². The summed E-state index contributed by atoms with van der Waals surface area (Å²) in [7, 11) is 1.87. The third-order valence-electron chi connectivity index (χ3n) is 2.05. The summed E-state index contributed by atoms with van der Waals surface area (Å²) in [6, 6.07) is 3.86. The van der Waals surface area contributed by atoms with Crippen molar-refractivity contribution in [1.82, 2.24) is 9.88 Å². The highest BCUT2D eigenvalue weighted by atomic mass is 16.2. The van der Waals surface area contributed by atoms with Crippen LogP contribution in [0.25, 0.3) is 0 Å². The van der Waals surface area contributed by atoms with E-state index in [0.717, 1.165) is 12.2 Å². The van der Waals surface area contributed by atoms with Gasteiger partial charge in [0.2, 0.25) is 5.91 Å². The molecule has 14 heavy (non-hydrogen) atoms. The fourth-order valence-corrected chi connectivity index (χ4v) is 1.30. The molecule has 0 aliphatic carbocycles. The van der Waals surface area contributed by atoms with Crippen LogP contribution in [0.15, 0.2) is 18.3 Å². The van der Waals surface area contributed by atoms with Crippen molar-refractivity contribution in [2.24, 2.45) is 5.41 Å². The Morgan fingerprint density at radius 2 is 2.14 bits per heavy atom. The molecule has 0 aromatic carbocycles. The summed E-state index contributed by atoms with van der Waals surface area (Å²) in [5.74, 6) is 0.132. The van der Waals surface area contributed by atoms with E-state index in [1.165, 1.54) is 0 Å². The van der Waals surface area contributed by atoms with Gasteiger partial charge < -0.3 is 5.32 Å². The van der Waals surface area contributed by atoms with Crippen molar-refractivity contribution in [3.63, 3.8) is 0 Å². The van der Waals surface area contributed by atoms with Crippen LogP contribution in [0.1, 0.15) is 31.3 Å². The SMILES string of the molecule is CNCc1cccn1C(=O)C(C)(C)C. The lowest BCUT2D eigenvalue weighted by molar-refractivity contribution is 0.0763. The van der Waals surface area contributed by atoms with Gasteiger partial charge in [0.25, 0.3) is 0 Å². The number of nitrogens with zero attached hydrogens (tertiary/aromatic N) is 1. The number of carbonyl (C=O) groups is 1. The molecular formula is C11H18N2O. The first-order valence-electron chi connectivity index (χ1n) is 4.82. The van der Waals surface area contributed by atoms with Crippen molar-refractivity contribution in [3.8, 4) is 0 Å². The van der Waals surface area contributed by atoms with Gasteiger partial charge in [0.15, 0.2) is 0 Å². The second kappa shape index (κ2) is 3.96. The van der Waals surface area contributed by atoms with Gasteiger partial charge >= 0.3 is 0 Å². The maximum atomic E-state index is 12.0. The highest BCUT2D eigenvalue weighted by Gasteiger charge is 2.23. The van der Waals surface area contributed by atoms with E-state index in [2.05, 4.69) is 5.32 Å². The Kier molecular flexibility index (Phi) is 3.11. The zero-order valence-electron chi connectivity index (χ0n) is 9.29. The summed E-state index contributed by atoms with van der Waals surface area (Å²) < 4.78 is 1.72. The predicted molar refractivity (Wildman–Crippen MR) is 57.3 cm³/mol. The fraction of sp³-hybridized carbons (Fsp3) is 0.545. The highest BCUT2D eigenvalue weighted by molar-refractivity contribution is 5.84. The zero-order valence-corrected chi connectivity index (χ0v) is 9.29. The Bertz CT molecular complexity index is 320. The van der Waals surface area contributed by atoms with Gasteiger partial charge in [0.1, 0.15) is 0 Å². The van der Waals surface area contributed by atoms with Crippen molar-refractivity contribution in [2.45, 2.75) is 27.3 Å². The average molecular weight is 194 g/mol.